The van der Waals surface area contributed by atoms with Crippen LogP contribution in [0.4, 0.5) is 0 Å². The smallest absolute Gasteiger partial charge is 0.164 e. The van der Waals surface area contributed by atoms with E-state index < -0.39 is 0 Å². The highest BCUT2D eigenvalue weighted by molar-refractivity contribution is 6.21. The second-order valence-corrected chi connectivity index (χ2v) is 16.8. The molecule has 65 heavy (non-hydrogen) atoms. The fourth-order valence-electron chi connectivity index (χ4n) is 10.1. The SMILES string of the molecule is c1ccc(-c2nc(-c3ccc4ccccc4c3)nc(-c3cc4c5ccccc5oc4c4ccc(-n5c6ccccc6c6cc7c8ccccc8n(-c8ccccc8)c7cc65)cc34)n2)cc1. The molecular weight excluding hydrogens is 795 g/mol. The summed E-state index contributed by atoms with van der Waals surface area (Å²) in [7, 11) is 0. The van der Waals surface area contributed by atoms with Gasteiger partial charge in [0.25, 0.3) is 0 Å². The van der Waals surface area contributed by atoms with Gasteiger partial charge in [0.15, 0.2) is 17.5 Å². The lowest BCUT2D eigenvalue weighted by Crippen LogP contribution is -2.01. The van der Waals surface area contributed by atoms with Crippen LogP contribution < -0.4 is 0 Å². The fourth-order valence-corrected chi connectivity index (χ4v) is 10.1. The van der Waals surface area contributed by atoms with Gasteiger partial charge in [0, 0.05) is 65.8 Å². The summed E-state index contributed by atoms with van der Waals surface area (Å²) in [5.41, 5.74) is 11.1. The van der Waals surface area contributed by atoms with E-state index in [-0.39, 0.29) is 0 Å². The first kappa shape index (κ1) is 35.7. The Morgan fingerprint density at radius 1 is 0.308 bits per heavy atom. The van der Waals surface area contributed by atoms with Gasteiger partial charge in [-0.1, -0.05) is 140 Å². The molecule has 0 aliphatic carbocycles. The minimum absolute atomic E-state index is 0.590. The number of furan rings is 1. The van der Waals surface area contributed by atoms with Crippen LogP contribution in [0.25, 0.3) is 133 Å². The Kier molecular flexibility index (Phi) is 7.59. The van der Waals surface area contributed by atoms with Gasteiger partial charge in [-0.2, -0.15) is 0 Å². The maximum atomic E-state index is 6.72. The van der Waals surface area contributed by atoms with E-state index in [1.165, 1.54) is 27.1 Å². The Labute approximate surface area is 371 Å². The van der Waals surface area contributed by atoms with Crippen LogP contribution in [-0.4, -0.2) is 24.1 Å². The van der Waals surface area contributed by atoms with Crippen molar-refractivity contribution in [1.29, 1.82) is 0 Å². The van der Waals surface area contributed by atoms with Gasteiger partial charge in [0.2, 0.25) is 0 Å². The summed E-state index contributed by atoms with van der Waals surface area (Å²) in [6, 6.07) is 75.1. The van der Waals surface area contributed by atoms with E-state index in [4.69, 9.17) is 19.4 Å². The molecule has 4 aromatic heterocycles. The zero-order valence-electron chi connectivity index (χ0n) is 34.9. The minimum Gasteiger partial charge on any atom is -0.455 e. The zero-order chi connectivity index (χ0) is 42.6. The number of benzene rings is 10. The van der Waals surface area contributed by atoms with Crippen LogP contribution in [-0.2, 0) is 0 Å². The van der Waals surface area contributed by atoms with Crippen molar-refractivity contribution in [1.82, 2.24) is 24.1 Å². The second-order valence-electron chi connectivity index (χ2n) is 16.8. The first-order valence-corrected chi connectivity index (χ1v) is 21.9. The van der Waals surface area contributed by atoms with Crippen LogP contribution in [0.15, 0.2) is 217 Å². The quantitative estimate of drug-likeness (QED) is 0.173. The molecule has 10 aromatic carbocycles. The topological polar surface area (TPSA) is 61.7 Å². The predicted molar refractivity (Wildman–Crippen MR) is 267 cm³/mol. The molecule has 0 atom stereocenters. The van der Waals surface area contributed by atoms with Gasteiger partial charge < -0.3 is 13.6 Å². The summed E-state index contributed by atoms with van der Waals surface area (Å²) in [5, 5.41) is 11.2. The molecule has 6 nitrogen and oxygen atoms in total. The number of hydrogen-bond acceptors (Lipinski definition) is 4. The van der Waals surface area contributed by atoms with Crippen molar-refractivity contribution in [3.63, 3.8) is 0 Å². The van der Waals surface area contributed by atoms with Crippen molar-refractivity contribution in [2.75, 3.05) is 0 Å². The molecule has 0 saturated heterocycles. The number of fused-ring (bicyclic) bond motifs is 12. The van der Waals surface area contributed by atoms with Gasteiger partial charge in [0.1, 0.15) is 11.2 Å². The van der Waals surface area contributed by atoms with E-state index in [9.17, 15) is 0 Å². The average Bonchev–Trinajstić information content (AvgIpc) is 4.03. The Morgan fingerprint density at radius 2 is 0.908 bits per heavy atom. The molecule has 0 radical (unpaired) electrons. The van der Waals surface area contributed by atoms with E-state index in [0.29, 0.717) is 17.5 Å². The number of para-hydroxylation sites is 4. The first-order valence-electron chi connectivity index (χ1n) is 21.9. The molecule has 4 heterocycles. The molecule has 302 valence electrons. The maximum absolute atomic E-state index is 6.72. The summed E-state index contributed by atoms with van der Waals surface area (Å²) in [6.45, 7) is 0. The molecule has 0 saturated carbocycles. The monoisotopic (exact) mass is 829 g/mol. The summed E-state index contributed by atoms with van der Waals surface area (Å²) in [6.07, 6.45) is 0. The summed E-state index contributed by atoms with van der Waals surface area (Å²) in [5.74, 6) is 1.81. The highest BCUT2D eigenvalue weighted by Crippen LogP contribution is 2.43. The molecule has 0 aliphatic rings. The normalized spacial score (nSPS) is 12.0. The number of nitrogens with zero attached hydrogens (tertiary/aromatic N) is 5. The van der Waals surface area contributed by atoms with Gasteiger partial charge >= 0.3 is 0 Å². The molecule has 14 aromatic rings. The van der Waals surface area contributed by atoms with Crippen LogP contribution in [0.2, 0.25) is 0 Å². The standard InChI is InChI=1S/C59H35N5O/c1-3-16-37(17-4-1)57-60-58(39-28-27-36-15-7-8-18-38(36)31-39)62-59(61-57)50-34-49-44-23-11-14-26-55(44)65-56(49)45-30-29-41(32-46(45)50)64-52-25-13-10-22-43(52)48-33-47-42-21-9-12-24-51(42)63(53(47)35-54(48)64)40-19-5-2-6-20-40/h1-35H. The van der Waals surface area contributed by atoms with Crippen LogP contribution >= 0.6 is 0 Å². The van der Waals surface area contributed by atoms with Crippen LogP contribution in [0.3, 0.4) is 0 Å². The largest absolute Gasteiger partial charge is 0.455 e. The van der Waals surface area contributed by atoms with Crippen molar-refractivity contribution in [3.05, 3.63) is 212 Å². The summed E-state index contributed by atoms with van der Waals surface area (Å²) < 4.78 is 11.5. The second kappa shape index (κ2) is 13.8. The van der Waals surface area contributed by atoms with Gasteiger partial charge in [0.05, 0.1) is 22.1 Å². The van der Waals surface area contributed by atoms with Crippen LogP contribution in [0, 0.1) is 0 Å². The molecule has 0 N–H and O–H groups in total. The van der Waals surface area contributed by atoms with E-state index in [2.05, 4.69) is 191 Å². The third-order valence-corrected chi connectivity index (χ3v) is 13.1. The van der Waals surface area contributed by atoms with Crippen molar-refractivity contribution in [3.8, 4) is 45.5 Å². The summed E-state index contributed by atoms with van der Waals surface area (Å²) in [4.78, 5) is 15.8. The van der Waals surface area contributed by atoms with E-state index >= 15 is 0 Å². The van der Waals surface area contributed by atoms with Crippen molar-refractivity contribution in [2.24, 2.45) is 0 Å². The Morgan fingerprint density at radius 3 is 1.66 bits per heavy atom. The highest BCUT2D eigenvalue weighted by atomic mass is 16.3. The number of rotatable bonds is 5. The van der Waals surface area contributed by atoms with Crippen LogP contribution in [0.5, 0.6) is 0 Å². The van der Waals surface area contributed by atoms with E-state index in [0.717, 1.165) is 88.1 Å². The summed E-state index contributed by atoms with van der Waals surface area (Å²) >= 11 is 0. The molecule has 0 amide bonds. The average molecular weight is 830 g/mol. The fraction of sp³-hybridized carbons (Fsp3) is 0. The maximum Gasteiger partial charge on any atom is 0.164 e. The molecule has 0 fully saturated rings. The Hall–Kier alpha value is -8.87. The lowest BCUT2D eigenvalue weighted by atomic mass is 9.98. The van der Waals surface area contributed by atoms with Gasteiger partial charge in [-0.05, 0) is 89.0 Å². The van der Waals surface area contributed by atoms with Gasteiger partial charge in [-0.3, -0.25) is 0 Å². The van der Waals surface area contributed by atoms with Gasteiger partial charge in [-0.15, -0.1) is 0 Å². The van der Waals surface area contributed by atoms with E-state index in [1.807, 2.05) is 30.3 Å². The van der Waals surface area contributed by atoms with Crippen molar-refractivity contribution >= 4 is 87.1 Å². The third kappa shape index (κ3) is 5.44. The Bertz CT molecular complexity index is 4240. The number of aromatic nitrogens is 5. The van der Waals surface area contributed by atoms with Crippen LogP contribution in [0.1, 0.15) is 0 Å². The molecule has 6 heteroatoms. The number of hydrogen-bond donors (Lipinski definition) is 0. The third-order valence-electron chi connectivity index (χ3n) is 13.1. The van der Waals surface area contributed by atoms with Gasteiger partial charge in [-0.25, -0.2) is 15.0 Å². The molecule has 0 spiro atoms. The van der Waals surface area contributed by atoms with Crippen molar-refractivity contribution < 1.29 is 4.42 Å². The molecule has 0 aliphatic heterocycles. The lowest BCUT2D eigenvalue weighted by Gasteiger charge is -2.14. The lowest BCUT2D eigenvalue weighted by molar-refractivity contribution is 0.672. The first-order chi connectivity index (χ1) is 32.2. The predicted octanol–water partition coefficient (Wildman–Crippen LogP) is 15.3. The molecule has 14 rings (SSSR count). The highest BCUT2D eigenvalue weighted by Gasteiger charge is 2.22. The molecule has 0 bridgehead atoms. The zero-order valence-corrected chi connectivity index (χ0v) is 34.9. The molecular formula is C59H35N5O. The Balaban J connectivity index is 1.07. The minimum atomic E-state index is 0.590. The van der Waals surface area contributed by atoms with E-state index in [1.54, 1.807) is 0 Å². The van der Waals surface area contributed by atoms with Crippen molar-refractivity contribution in [2.45, 2.75) is 0 Å². The molecule has 0 unspecified atom stereocenters.